The molecule has 0 saturated heterocycles. The SMILES string of the molecule is CCN(CC)S(=O)(=O)c1ccc2c(c1)nc(SCC(=O)Nc1cccc3ncccc13)n2CC. The number of hydrogen-bond acceptors (Lipinski definition) is 6. The van der Waals surface area contributed by atoms with E-state index in [1.54, 1.807) is 24.4 Å². The first-order valence-corrected chi connectivity index (χ1v) is 13.6. The minimum atomic E-state index is -3.57. The van der Waals surface area contributed by atoms with Crippen molar-refractivity contribution < 1.29 is 13.2 Å². The number of aromatic nitrogens is 3. The molecule has 10 heteroatoms. The number of benzene rings is 2. The van der Waals surface area contributed by atoms with Gasteiger partial charge in [0.2, 0.25) is 15.9 Å². The first kappa shape index (κ1) is 24.2. The van der Waals surface area contributed by atoms with Crippen molar-refractivity contribution in [2.75, 3.05) is 24.2 Å². The average molecular weight is 498 g/mol. The fourth-order valence-corrected chi connectivity index (χ4v) is 6.26. The third-order valence-corrected chi connectivity index (χ3v) is 8.62. The number of imidazole rings is 1. The lowest BCUT2D eigenvalue weighted by Crippen LogP contribution is -2.30. The highest BCUT2D eigenvalue weighted by atomic mass is 32.2. The van der Waals surface area contributed by atoms with E-state index in [9.17, 15) is 13.2 Å². The average Bonchev–Trinajstić information content (AvgIpc) is 3.20. The maximum Gasteiger partial charge on any atom is 0.243 e. The molecule has 0 bridgehead atoms. The molecule has 0 aliphatic heterocycles. The molecule has 0 unspecified atom stereocenters. The molecule has 2 aromatic carbocycles. The molecule has 2 heterocycles. The highest BCUT2D eigenvalue weighted by Gasteiger charge is 2.23. The molecule has 0 radical (unpaired) electrons. The smallest absolute Gasteiger partial charge is 0.243 e. The fourth-order valence-electron chi connectivity index (χ4n) is 3.91. The van der Waals surface area contributed by atoms with E-state index in [-0.39, 0.29) is 16.6 Å². The van der Waals surface area contributed by atoms with Crippen LogP contribution in [0.15, 0.2) is 64.8 Å². The molecule has 0 spiro atoms. The van der Waals surface area contributed by atoms with Crippen LogP contribution >= 0.6 is 11.8 Å². The van der Waals surface area contributed by atoms with Gasteiger partial charge in [0, 0.05) is 31.2 Å². The van der Waals surface area contributed by atoms with Crippen LogP contribution in [0.25, 0.3) is 21.9 Å². The summed E-state index contributed by atoms with van der Waals surface area (Å²) in [7, 11) is -3.57. The summed E-state index contributed by atoms with van der Waals surface area (Å²) in [6, 6.07) is 14.4. The maximum atomic E-state index is 12.9. The summed E-state index contributed by atoms with van der Waals surface area (Å²) < 4.78 is 29.2. The summed E-state index contributed by atoms with van der Waals surface area (Å²) in [6.07, 6.45) is 1.72. The van der Waals surface area contributed by atoms with Gasteiger partial charge in [0.1, 0.15) is 0 Å². The van der Waals surface area contributed by atoms with Crippen molar-refractivity contribution in [3.05, 3.63) is 54.7 Å². The second-order valence-corrected chi connectivity index (χ2v) is 10.5. The lowest BCUT2D eigenvalue weighted by atomic mass is 10.2. The van der Waals surface area contributed by atoms with Crippen LogP contribution in [-0.2, 0) is 21.4 Å². The number of sulfonamides is 1. The van der Waals surface area contributed by atoms with Crippen LogP contribution in [0.2, 0.25) is 0 Å². The molecule has 8 nitrogen and oxygen atoms in total. The number of amides is 1. The van der Waals surface area contributed by atoms with Crippen LogP contribution < -0.4 is 5.32 Å². The van der Waals surface area contributed by atoms with Crippen LogP contribution in [0.1, 0.15) is 20.8 Å². The zero-order valence-electron chi connectivity index (χ0n) is 19.4. The highest BCUT2D eigenvalue weighted by molar-refractivity contribution is 7.99. The molecule has 0 fully saturated rings. The van der Waals surface area contributed by atoms with Gasteiger partial charge in [-0.1, -0.05) is 31.7 Å². The standard InChI is InChI=1S/C24H27N5O3S2/c1-4-28(5-2)34(31,32)17-12-13-22-21(15-17)27-24(29(22)6-3)33-16-23(30)26-20-11-7-10-19-18(20)9-8-14-25-19/h7-15H,4-6,16H2,1-3H3,(H,26,30). The van der Waals surface area contributed by atoms with Gasteiger partial charge in [-0.05, 0) is 49.4 Å². The van der Waals surface area contributed by atoms with Gasteiger partial charge < -0.3 is 9.88 Å². The lowest BCUT2D eigenvalue weighted by molar-refractivity contribution is -0.113. The number of aryl methyl sites for hydroxylation is 1. The number of anilines is 1. The van der Waals surface area contributed by atoms with Crippen molar-refractivity contribution in [2.24, 2.45) is 0 Å². The Bertz CT molecular complexity index is 1440. The van der Waals surface area contributed by atoms with Gasteiger partial charge in [0.25, 0.3) is 0 Å². The first-order chi connectivity index (χ1) is 16.4. The molecule has 4 rings (SSSR count). The minimum absolute atomic E-state index is 0.152. The van der Waals surface area contributed by atoms with Crippen molar-refractivity contribution in [1.82, 2.24) is 18.8 Å². The van der Waals surface area contributed by atoms with Gasteiger partial charge in [-0.3, -0.25) is 9.78 Å². The molecule has 0 aliphatic rings. The number of thioether (sulfide) groups is 1. The number of pyridine rings is 1. The Labute approximate surface area is 203 Å². The molecule has 178 valence electrons. The third-order valence-electron chi connectivity index (χ3n) is 5.60. The van der Waals surface area contributed by atoms with E-state index in [1.807, 2.05) is 55.7 Å². The van der Waals surface area contributed by atoms with E-state index in [0.717, 1.165) is 16.4 Å². The van der Waals surface area contributed by atoms with Crippen LogP contribution in [0.4, 0.5) is 5.69 Å². The van der Waals surface area contributed by atoms with Gasteiger partial charge in [-0.15, -0.1) is 0 Å². The van der Waals surface area contributed by atoms with E-state index in [2.05, 4.69) is 15.3 Å². The van der Waals surface area contributed by atoms with Gasteiger partial charge in [0.15, 0.2) is 5.16 Å². The van der Waals surface area contributed by atoms with E-state index in [4.69, 9.17) is 0 Å². The Balaban J connectivity index is 1.55. The number of rotatable bonds is 9. The minimum Gasteiger partial charge on any atom is -0.325 e. The number of carbonyl (C=O) groups is 1. The number of hydrogen-bond donors (Lipinski definition) is 1. The van der Waals surface area contributed by atoms with Gasteiger partial charge in [0.05, 0.1) is 32.9 Å². The lowest BCUT2D eigenvalue weighted by Gasteiger charge is -2.18. The van der Waals surface area contributed by atoms with Crippen LogP contribution in [-0.4, -0.2) is 52.0 Å². The van der Waals surface area contributed by atoms with Crippen molar-refractivity contribution in [1.29, 1.82) is 0 Å². The predicted octanol–water partition coefficient (Wildman–Crippen LogP) is 4.37. The Hall–Kier alpha value is -2.95. The second kappa shape index (κ2) is 10.1. The number of nitrogens with zero attached hydrogens (tertiary/aromatic N) is 4. The largest absolute Gasteiger partial charge is 0.325 e. The monoisotopic (exact) mass is 497 g/mol. The number of nitrogens with one attached hydrogen (secondary N) is 1. The summed E-state index contributed by atoms with van der Waals surface area (Å²) >= 11 is 1.32. The second-order valence-electron chi connectivity index (χ2n) is 7.59. The Kier molecular flexibility index (Phi) is 7.20. The van der Waals surface area contributed by atoms with Crippen molar-refractivity contribution in [2.45, 2.75) is 37.4 Å². The maximum absolute atomic E-state index is 12.9. The zero-order valence-corrected chi connectivity index (χ0v) is 21.0. The Morgan fingerprint density at radius 2 is 1.85 bits per heavy atom. The topological polar surface area (TPSA) is 97.2 Å². The van der Waals surface area contributed by atoms with Crippen molar-refractivity contribution in [3.63, 3.8) is 0 Å². The van der Waals surface area contributed by atoms with E-state index < -0.39 is 10.0 Å². The molecule has 0 atom stereocenters. The molecule has 4 aromatic rings. The Morgan fingerprint density at radius 1 is 1.06 bits per heavy atom. The van der Waals surface area contributed by atoms with Gasteiger partial charge in [-0.25, -0.2) is 13.4 Å². The molecular formula is C24H27N5O3S2. The number of fused-ring (bicyclic) bond motifs is 2. The molecule has 34 heavy (non-hydrogen) atoms. The van der Waals surface area contributed by atoms with E-state index in [1.165, 1.54) is 16.1 Å². The normalized spacial score (nSPS) is 12.0. The molecule has 1 amide bonds. The molecule has 2 aromatic heterocycles. The summed E-state index contributed by atoms with van der Waals surface area (Å²) in [5.41, 5.74) is 2.96. The molecule has 0 saturated carbocycles. The summed E-state index contributed by atoms with van der Waals surface area (Å²) in [5.74, 6) is 0.0192. The van der Waals surface area contributed by atoms with Crippen molar-refractivity contribution in [3.8, 4) is 0 Å². The molecule has 1 N–H and O–H groups in total. The summed E-state index contributed by atoms with van der Waals surface area (Å²) in [4.78, 5) is 21.9. The van der Waals surface area contributed by atoms with Crippen LogP contribution in [0.5, 0.6) is 0 Å². The van der Waals surface area contributed by atoms with Gasteiger partial charge in [-0.2, -0.15) is 4.31 Å². The van der Waals surface area contributed by atoms with Crippen molar-refractivity contribution >= 4 is 55.3 Å². The highest BCUT2D eigenvalue weighted by Crippen LogP contribution is 2.28. The molecule has 0 aliphatic carbocycles. The Morgan fingerprint density at radius 3 is 2.59 bits per heavy atom. The van der Waals surface area contributed by atoms with Gasteiger partial charge >= 0.3 is 0 Å². The third kappa shape index (κ3) is 4.66. The zero-order chi connectivity index (χ0) is 24.3. The summed E-state index contributed by atoms with van der Waals surface area (Å²) in [5, 5.41) is 4.51. The predicted molar refractivity (Wildman–Crippen MR) is 137 cm³/mol. The quantitative estimate of drug-likeness (QED) is 0.345. The molecular weight excluding hydrogens is 470 g/mol. The van der Waals surface area contributed by atoms with Crippen LogP contribution in [0.3, 0.4) is 0 Å². The number of carbonyl (C=O) groups excluding carboxylic acids is 1. The first-order valence-electron chi connectivity index (χ1n) is 11.2. The van der Waals surface area contributed by atoms with Crippen LogP contribution in [0, 0.1) is 0 Å². The summed E-state index contributed by atoms with van der Waals surface area (Å²) in [6.45, 7) is 7.10. The van der Waals surface area contributed by atoms with E-state index >= 15 is 0 Å². The van der Waals surface area contributed by atoms with E-state index in [0.29, 0.717) is 36.0 Å². The fraction of sp³-hybridized carbons (Fsp3) is 0.292.